The van der Waals surface area contributed by atoms with Gasteiger partial charge in [-0.05, 0) is 37.6 Å². The number of benzene rings is 2. The molecule has 0 amide bonds. The highest BCUT2D eigenvalue weighted by atomic mass is 16.5. The van der Waals surface area contributed by atoms with E-state index in [2.05, 4.69) is 0 Å². The van der Waals surface area contributed by atoms with Gasteiger partial charge in [0, 0.05) is 11.1 Å². The summed E-state index contributed by atoms with van der Waals surface area (Å²) >= 11 is 0. The average Bonchev–Trinajstić information content (AvgIpc) is 2.64. The van der Waals surface area contributed by atoms with E-state index in [9.17, 15) is 4.79 Å². The largest absolute Gasteiger partial charge is 0.493 e. The van der Waals surface area contributed by atoms with Crippen molar-refractivity contribution in [3.05, 3.63) is 59.2 Å². The number of hydrogen-bond acceptors (Lipinski definition) is 4. The van der Waals surface area contributed by atoms with Crippen LogP contribution in [0.4, 0.5) is 0 Å². The molecule has 0 unspecified atom stereocenters. The van der Waals surface area contributed by atoms with Crippen LogP contribution in [0.5, 0.6) is 17.2 Å². The molecule has 4 nitrogen and oxygen atoms in total. The van der Waals surface area contributed by atoms with Crippen LogP contribution in [-0.4, -0.2) is 26.6 Å². The van der Waals surface area contributed by atoms with Crippen LogP contribution < -0.4 is 14.2 Å². The molecule has 0 heterocycles. The Morgan fingerprint density at radius 3 is 2.32 bits per heavy atom. The van der Waals surface area contributed by atoms with Crippen molar-refractivity contribution in [2.45, 2.75) is 20.3 Å². The highest BCUT2D eigenvalue weighted by Gasteiger charge is 2.15. The van der Waals surface area contributed by atoms with Crippen molar-refractivity contribution in [1.82, 2.24) is 0 Å². The molecule has 0 fully saturated rings. The van der Waals surface area contributed by atoms with Crippen LogP contribution in [0, 0.1) is 6.92 Å². The lowest BCUT2D eigenvalue weighted by molar-refractivity contribution is 0.104. The first-order valence-corrected chi connectivity index (χ1v) is 8.27. The predicted octanol–water partition coefficient (Wildman–Crippen LogP) is 4.70. The monoisotopic (exact) mass is 340 g/mol. The zero-order chi connectivity index (χ0) is 18.2. The normalized spacial score (nSPS) is 10.7. The van der Waals surface area contributed by atoms with Gasteiger partial charge in [0.15, 0.2) is 17.3 Å². The number of carbonyl (C=O) groups excluding carboxylic acids is 1. The van der Waals surface area contributed by atoms with Crippen LogP contribution in [0.25, 0.3) is 6.08 Å². The number of methoxy groups -OCH3 is 2. The van der Waals surface area contributed by atoms with Gasteiger partial charge in [0.25, 0.3) is 0 Å². The molecule has 25 heavy (non-hydrogen) atoms. The molecule has 0 aliphatic rings. The van der Waals surface area contributed by atoms with Crippen molar-refractivity contribution in [1.29, 1.82) is 0 Å². The van der Waals surface area contributed by atoms with E-state index in [-0.39, 0.29) is 5.78 Å². The second-order valence-electron chi connectivity index (χ2n) is 5.63. The summed E-state index contributed by atoms with van der Waals surface area (Å²) in [6, 6.07) is 11.1. The van der Waals surface area contributed by atoms with E-state index in [0.717, 1.165) is 17.5 Å². The van der Waals surface area contributed by atoms with Gasteiger partial charge in [0.05, 0.1) is 20.8 Å². The smallest absolute Gasteiger partial charge is 0.204 e. The molecule has 0 spiro atoms. The molecule has 0 bridgehead atoms. The third kappa shape index (κ3) is 4.63. The first-order chi connectivity index (χ1) is 12.1. The van der Waals surface area contributed by atoms with Crippen molar-refractivity contribution < 1.29 is 19.0 Å². The van der Waals surface area contributed by atoms with Gasteiger partial charge >= 0.3 is 0 Å². The second-order valence-corrected chi connectivity index (χ2v) is 5.63. The molecule has 0 aromatic heterocycles. The predicted molar refractivity (Wildman–Crippen MR) is 99.9 cm³/mol. The molecule has 0 saturated carbocycles. The van der Waals surface area contributed by atoms with Crippen LogP contribution in [0.15, 0.2) is 42.5 Å². The quantitative estimate of drug-likeness (QED) is 0.516. The number of aryl methyl sites for hydroxylation is 1. The second kappa shape index (κ2) is 8.92. The van der Waals surface area contributed by atoms with E-state index in [1.807, 2.05) is 50.2 Å². The topological polar surface area (TPSA) is 44.8 Å². The van der Waals surface area contributed by atoms with Crippen molar-refractivity contribution in [3.63, 3.8) is 0 Å². The third-order valence-electron chi connectivity index (χ3n) is 3.73. The Morgan fingerprint density at radius 2 is 1.72 bits per heavy atom. The van der Waals surface area contributed by atoms with Crippen molar-refractivity contribution in [3.8, 4) is 17.2 Å². The molecule has 0 aliphatic carbocycles. The molecular formula is C21H24O4. The minimum Gasteiger partial charge on any atom is -0.493 e. The van der Waals surface area contributed by atoms with Crippen LogP contribution in [0.3, 0.4) is 0 Å². The van der Waals surface area contributed by atoms with E-state index >= 15 is 0 Å². The lowest BCUT2D eigenvalue weighted by atomic mass is 10.1. The molecule has 0 N–H and O–H groups in total. The van der Waals surface area contributed by atoms with Gasteiger partial charge in [-0.2, -0.15) is 0 Å². The Morgan fingerprint density at radius 1 is 1.00 bits per heavy atom. The molecule has 2 rings (SSSR count). The zero-order valence-electron chi connectivity index (χ0n) is 15.2. The number of carbonyl (C=O) groups is 1. The number of ether oxygens (including phenoxy) is 3. The number of allylic oxidation sites excluding steroid dienone is 1. The van der Waals surface area contributed by atoms with E-state index in [0.29, 0.717) is 29.4 Å². The summed E-state index contributed by atoms with van der Waals surface area (Å²) in [6.07, 6.45) is 4.15. The lowest BCUT2D eigenvalue weighted by Crippen LogP contribution is -2.02. The van der Waals surface area contributed by atoms with E-state index in [4.69, 9.17) is 14.2 Å². The van der Waals surface area contributed by atoms with E-state index in [1.165, 1.54) is 0 Å². The fourth-order valence-corrected chi connectivity index (χ4v) is 2.38. The SMILES string of the molecule is CCCOc1c(OC)ccc(/C=C\C(=O)c2ccc(C)cc2)c1OC. The highest BCUT2D eigenvalue weighted by molar-refractivity contribution is 6.07. The summed E-state index contributed by atoms with van der Waals surface area (Å²) in [5.74, 6) is 1.65. The Bertz CT molecular complexity index is 745. The van der Waals surface area contributed by atoms with Crippen LogP contribution in [-0.2, 0) is 0 Å². The first-order valence-electron chi connectivity index (χ1n) is 8.27. The molecule has 0 atom stereocenters. The Balaban J connectivity index is 2.31. The molecule has 0 radical (unpaired) electrons. The third-order valence-corrected chi connectivity index (χ3v) is 3.73. The highest BCUT2D eigenvalue weighted by Crippen LogP contribution is 2.40. The minimum absolute atomic E-state index is 0.0612. The fourth-order valence-electron chi connectivity index (χ4n) is 2.38. The van der Waals surface area contributed by atoms with Crippen LogP contribution in [0.1, 0.15) is 34.8 Å². The Hall–Kier alpha value is -2.75. The summed E-state index contributed by atoms with van der Waals surface area (Å²) < 4.78 is 16.6. The summed E-state index contributed by atoms with van der Waals surface area (Å²) in [6.45, 7) is 4.58. The van der Waals surface area contributed by atoms with Gasteiger partial charge in [0.1, 0.15) is 0 Å². The molecule has 132 valence electrons. The molecular weight excluding hydrogens is 316 g/mol. The van der Waals surface area contributed by atoms with Gasteiger partial charge < -0.3 is 14.2 Å². The lowest BCUT2D eigenvalue weighted by Gasteiger charge is -2.15. The molecule has 0 saturated heterocycles. The zero-order valence-corrected chi connectivity index (χ0v) is 15.2. The summed E-state index contributed by atoms with van der Waals surface area (Å²) in [5, 5.41) is 0. The minimum atomic E-state index is -0.0612. The maximum absolute atomic E-state index is 12.3. The average molecular weight is 340 g/mol. The van der Waals surface area contributed by atoms with E-state index in [1.54, 1.807) is 26.4 Å². The van der Waals surface area contributed by atoms with Gasteiger partial charge in [-0.3, -0.25) is 4.79 Å². The fraction of sp³-hybridized carbons (Fsp3) is 0.286. The van der Waals surface area contributed by atoms with Gasteiger partial charge in [0.2, 0.25) is 5.75 Å². The molecule has 0 aliphatic heterocycles. The van der Waals surface area contributed by atoms with Crippen LogP contribution in [0.2, 0.25) is 0 Å². The van der Waals surface area contributed by atoms with E-state index < -0.39 is 0 Å². The maximum Gasteiger partial charge on any atom is 0.204 e. The molecule has 2 aromatic carbocycles. The first kappa shape index (κ1) is 18.6. The van der Waals surface area contributed by atoms with Crippen molar-refractivity contribution in [2.24, 2.45) is 0 Å². The van der Waals surface area contributed by atoms with Gasteiger partial charge in [-0.15, -0.1) is 0 Å². The maximum atomic E-state index is 12.3. The number of ketones is 1. The number of rotatable bonds is 8. The summed E-state index contributed by atoms with van der Waals surface area (Å²) in [5.41, 5.74) is 2.53. The Kier molecular flexibility index (Phi) is 6.63. The van der Waals surface area contributed by atoms with Gasteiger partial charge in [-0.25, -0.2) is 0 Å². The number of hydrogen-bond donors (Lipinski definition) is 0. The van der Waals surface area contributed by atoms with Crippen molar-refractivity contribution in [2.75, 3.05) is 20.8 Å². The summed E-state index contributed by atoms with van der Waals surface area (Å²) in [7, 11) is 3.16. The molecule has 2 aromatic rings. The standard InChI is InChI=1S/C21H24O4/c1-5-14-25-21-19(23-3)13-11-17(20(21)24-4)10-12-18(22)16-8-6-15(2)7-9-16/h6-13H,5,14H2,1-4H3/b12-10-. The Labute approximate surface area is 149 Å². The van der Waals surface area contributed by atoms with Crippen LogP contribution >= 0.6 is 0 Å². The van der Waals surface area contributed by atoms with Crippen molar-refractivity contribution >= 4 is 11.9 Å². The summed E-state index contributed by atoms with van der Waals surface area (Å²) in [4.78, 5) is 12.3. The molecule has 4 heteroatoms. The van der Waals surface area contributed by atoms with Gasteiger partial charge in [-0.1, -0.05) is 36.8 Å².